The van der Waals surface area contributed by atoms with Crippen molar-refractivity contribution in [1.29, 1.82) is 0 Å². The Kier molecular flexibility index (Phi) is 2.65. The molecule has 1 heterocycles. The topological polar surface area (TPSA) is 52.0 Å². The van der Waals surface area contributed by atoms with Crippen LogP contribution >= 0.6 is 11.6 Å². The SMILES string of the molecule is N[C@H]1CCc2onc(-c3ccc(Cl)cc3)c2C1. The first-order valence-corrected chi connectivity index (χ1v) is 6.11. The van der Waals surface area contributed by atoms with Crippen molar-refractivity contribution in [2.24, 2.45) is 5.73 Å². The summed E-state index contributed by atoms with van der Waals surface area (Å²) in [4.78, 5) is 0. The highest BCUT2D eigenvalue weighted by Gasteiger charge is 2.24. The van der Waals surface area contributed by atoms with Gasteiger partial charge in [0, 0.05) is 28.6 Å². The van der Waals surface area contributed by atoms with Gasteiger partial charge >= 0.3 is 0 Å². The number of nitrogens with two attached hydrogens (primary N) is 1. The highest BCUT2D eigenvalue weighted by atomic mass is 35.5. The van der Waals surface area contributed by atoms with Crippen LogP contribution in [0.3, 0.4) is 0 Å². The quantitative estimate of drug-likeness (QED) is 0.844. The summed E-state index contributed by atoms with van der Waals surface area (Å²) in [6, 6.07) is 7.86. The molecule has 1 aliphatic carbocycles. The van der Waals surface area contributed by atoms with Gasteiger partial charge in [-0.15, -0.1) is 0 Å². The zero-order chi connectivity index (χ0) is 11.8. The van der Waals surface area contributed by atoms with E-state index in [9.17, 15) is 0 Å². The van der Waals surface area contributed by atoms with Crippen molar-refractivity contribution in [3.8, 4) is 11.3 Å². The largest absolute Gasteiger partial charge is 0.360 e. The van der Waals surface area contributed by atoms with Gasteiger partial charge in [0.1, 0.15) is 11.5 Å². The number of aromatic nitrogens is 1. The van der Waals surface area contributed by atoms with Crippen molar-refractivity contribution in [2.75, 3.05) is 0 Å². The van der Waals surface area contributed by atoms with Crippen molar-refractivity contribution < 1.29 is 4.52 Å². The molecule has 0 unspecified atom stereocenters. The molecule has 1 atom stereocenters. The van der Waals surface area contributed by atoms with E-state index in [2.05, 4.69) is 5.16 Å². The molecule has 3 rings (SSSR count). The molecule has 2 N–H and O–H groups in total. The predicted octanol–water partition coefficient (Wildman–Crippen LogP) is 2.81. The van der Waals surface area contributed by atoms with E-state index in [0.717, 1.165) is 46.9 Å². The molecular formula is C13H13ClN2O. The van der Waals surface area contributed by atoms with Crippen molar-refractivity contribution in [3.63, 3.8) is 0 Å². The third kappa shape index (κ3) is 1.96. The van der Waals surface area contributed by atoms with E-state index in [-0.39, 0.29) is 6.04 Å². The van der Waals surface area contributed by atoms with Crippen molar-refractivity contribution >= 4 is 11.6 Å². The fourth-order valence-corrected chi connectivity index (χ4v) is 2.39. The lowest BCUT2D eigenvalue weighted by Gasteiger charge is -2.16. The van der Waals surface area contributed by atoms with Gasteiger partial charge in [-0.2, -0.15) is 0 Å². The van der Waals surface area contributed by atoms with E-state index < -0.39 is 0 Å². The Morgan fingerprint density at radius 2 is 2.06 bits per heavy atom. The first-order valence-electron chi connectivity index (χ1n) is 5.73. The summed E-state index contributed by atoms with van der Waals surface area (Å²) in [5.41, 5.74) is 9.09. The van der Waals surface area contributed by atoms with Crippen LogP contribution in [-0.4, -0.2) is 11.2 Å². The second kappa shape index (κ2) is 4.17. The molecule has 0 aliphatic heterocycles. The Balaban J connectivity index is 2.04. The molecule has 0 amide bonds. The lowest BCUT2D eigenvalue weighted by Crippen LogP contribution is -2.27. The minimum absolute atomic E-state index is 0.216. The Morgan fingerprint density at radius 3 is 2.82 bits per heavy atom. The van der Waals surface area contributed by atoms with E-state index in [0.29, 0.717) is 0 Å². The number of hydrogen-bond acceptors (Lipinski definition) is 3. The zero-order valence-corrected chi connectivity index (χ0v) is 10.1. The first kappa shape index (κ1) is 10.8. The van der Waals surface area contributed by atoms with Crippen LogP contribution in [0.4, 0.5) is 0 Å². The van der Waals surface area contributed by atoms with Crippen LogP contribution in [0.25, 0.3) is 11.3 Å². The van der Waals surface area contributed by atoms with Crippen molar-refractivity contribution in [1.82, 2.24) is 5.16 Å². The normalized spacial score (nSPS) is 19.1. The van der Waals surface area contributed by atoms with Crippen LogP contribution in [0.15, 0.2) is 28.8 Å². The lowest BCUT2D eigenvalue weighted by molar-refractivity contribution is 0.367. The Morgan fingerprint density at radius 1 is 1.29 bits per heavy atom. The molecule has 2 aromatic rings. The summed E-state index contributed by atoms with van der Waals surface area (Å²) >= 11 is 5.88. The Labute approximate surface area is 105 Å². The van der Waals surface area contributed by atoms with Crippen LogP contribution in [0.5, 0.6) is 0 Å². The van der Waals surface area contributed by atoms with Crippen LogP contribution in [0.2, 0.25) is 5.02 Å². The number of fused-ring (bicyclic) bond motifs is 1. The van der Waals surface area contributed by atoms with Gasteiger partial charge < -0.3 is 10.3 Å². The van der Waals surface area contributed by atoms with E-state index >= 15 is 0 Å². The van der Waals surface area contributed by atoms with Crippen LogP contribution in [0.1, 0.15) is 17.7 Å². The summed E-state index contributed by atoms with van der Waals surface area (Å²) < 4.78 is 5.38. The van der Waals surface area contributed by atoms with Gasteiger partial charge in [0.25, 0.3) is 0 Å². The van der Waals surface area contributed by atoms with Gasteiger partial charge in [-0.25, -0.2) is 0 Å². The third-order valence-corrected chi connectivity index (χ3v) is 3.45. The van der Waals surface area contributed by atoms with E-state index in [1.165, 1.54) is 0 Å². The zero-order valence-electron chi connectivity index (χ0n) is 9.32. The summed E-state index contributed by atoms with van der Waals surface area (Å²) in [5.74, 6) is 0.983. The van der Waals surface area contributed by atoms with Crippen molar-refractivity contribution in [3.05, 3.63) is 40.6 Å². The molecule has 1 aliphatic rings. The monoisotopic (exact) mass is 248 g/mol. The van der Waals surface area contributed by atoms with E-state index in [1.807, 2.05) is 24.3 Å². The van der Waals surface area contributed by atoms with Gasteiger partial charge in [-0.3, -0.25) is 0 Å². The highest BCUT2D eigenvalue weighted by Crippen LogP contribution is 2.31. The minimum Gasteiger partial charge on any atom is -0.360 e. The van der Waals surface area contributed by atoms with Crippen molar-refractivity contribution in [2.45, 2.75) is 25.3 Å². The molecule has 1 aromatic heterocycles. The second-order valence-electron chi connectivity index (χ2n) is 4.44. The smallest absolute Gasteiger partial charge is 0.140 e. The van der Waals surface area contributed by atoms with Gasteiger partial charge in [0.15, 0.2) is 0 Å². The summed E-state index contributed by atoms with van der Waals surface area (Å²) in [6.45, 7) is 0. The first-order chi connectivity index (χ1) is 8.24. The van der Waals surface area contributed by atoms with E-state index in [4.69, 9.17) is 21.9 Å². The lowest BCUT2D eigenvalue weighted by atomic mass is 9.91. The number of nitrogens with zero attached hydrogens (tertiary/aromatic N) is 1. The van der Waals surface area contributed by atoms with Gasteiger partial charge in [0.05, 0.1) is 0 Å². The number of hydrogen-bond donors (Lipinski definition) is 1. The van der Waals surface area contributed by atoms with Crippen LogP contribution < -0.4 is 5.73 Å². The predicted molar refractivity (Wildman–Crippen MR) is 66.9 cm³/mol. The third-order valence-electron chi connectivity index (χ3n) is 3.20. The molecule has 3 nitrogen and oxygen atoms in total. The molecule has 0 saturated heterocycles. The van der Waals surface area contributed by atoms with Gasteiger partial charge in [-0.05, 0) is 25.0 Å². The number of benzene rings is 1. The maximum Gasteiger partial charge on any atom is 0.140 e. The summed E-state index contributed by atoms with van der Waals surface area (Å²) in [6.07, 6.45) is 2.70. The average Bonchev–Trinajstić information content (AvgIpc) is 2.73. The standard InChI is InChI=1S/C13H13ClN2O/c14-9-3-1-8(2-4-9)13-11-7-10(15)5-6-12(11)17-16-13/h1-4,10H,5-7,15H2/t10-/m0/s1. The molecule has 0 radical (unpaired) electrons. The van der Waals surface area contributed by atoms with E-state index in [1.54, 1.807) is 0 Å². The molecule has 0 saturated carbocycles. The Bertz CT molecular complexity index is 533. The minimum atomic E-state index is 0.216. The fourth-order valence-electron chi connectivity index (χ4n) is 2.27. The van der Waals surface area contributed by atoms with Gasteiger partial charge in [0.2, 0.25) is 0 Å². The fraction of sp³-hybridized carbons (Fsp3) is 0.308. The number of aryl methyl sites for hydroxylation is 1. The maximum atomic E-state index is 5.99. The average molecular weight is 249 g/mol. The second-order valence-corrected chi connectivity index (χ2v) is 4.88. The molecular weight excluding hydrogens is 236 g/mol. The Hall–Kier alpha value is -1.32. The molecule has 1 aromatic carbocycles. The molecule has 0 spiro atoms. The molecule has 4 heteroatoms. The van der Waals surface area contributed by atoms with Gasteiger partial charge in [-0.1, -0.05) is 28.9 Å². The molecule has 0 bridgehead atoms. The summed E-state index contributed by atoms with van der Waals surface area (Å²) in [7, 11) is 0. The highest BCUT2D eigenvalue weighted by molar-refractivity contribution is 6.30. The molecule has 17 heavy (non-hydrogen) atoms. The van der Waals surface area contributed by atoms with Crippen LogP contribution in [0, 0.1) is 0 Å². The number of rotatable bonds is 1. The number of halogens is 1. The maximum absolute atomic E-state index is 5.99. The molecule has 88 valence electrons. The van der Waals surface area contributed by atoms with Crippen LogP contribution in [-0.2, 0) is 12.8 Å². The molecule has 0 fully saturated rings. The summed E-state index contributed by atoms with van der Waals surface area (Å²) in [5, 5.41) is 4.88.